The maximum Gasteiger partial charge on any atom is 0.224 e. The van der Waals surface area contributed by atoms with Gasteiger partial charge < -0.3 is 10.2 Å². The molecule has 0 saturated heterocycles. The quantitative estimate of drug-likeness (QED) is 0.879. The lowest BCUT2D eigenvalue weighted by Crippen LogP contribution is -2.22. The van der Waals surface area contributed by atoms with Crippen LogP contribution in [0.2, 0.25) is 0 Å². The number of aromatic nitrogens is 2. The van der Waals surface area contributed by atoms with E-state index in [9.17, 15) is 0 Å². The number of benzene rings is 1. The lowest BCUT2D eigenvalue weighted by atomic mass is 10.1. The molecule has 0 aliphatic rings. The van der Waals surface area contributed by atoms with Gasteiger partial charge in [-0.2, -0.15) is 4.98 Å². The Morgan fingerprint density at radius 3 is 2.70 bits per heavy atom. The summed E-state index contributed by atoms with van der Waals surface area (Å²) in [4.78, 5) is 10.9. The molecule has 20 heavy (non-hydrogen) atoms. The maximum absolute atomic E-state index is 4.53. The number of rotatable bonds is 6. The van der Waals surface area contributed by atoms with Crippen LogP contribution in [-0.2, 0) is 6.42 Å². The Morgan fingerprint density at radius 1 is 1.25 bits per heavy atom. The maximum atomic E-state index is 4.53. The summed E-state index contributed by atoms with van der Waals surface area (Å²) >= 11 is 3.51. The van der Waals surface area contributed by atoms with E-state index in [-0.39, 0.29) is 0 Å². The molecule has 0 aliphatic heterocycles. The van der Waals surface area contributed by atoms with Gasteiger partial charge in [-0.15, -0.1) is 0 Å². The van der Waals surface area contributed by atoms with Crippen LogP contribution < -0.4 is 10.2 Å². The van der Waals surface area contributed by atoms with Crippen molar-refractivity contribution in [3.63, 3.8) is 0 Å². The van der Waals surface area contributed by atoms with E-state index >= 15 is 0 Å². The van der Waals surface area contributed by atoms with Crippen LogP contribution in [0.5, 0.6) is 0 Å². The summed E-state index contributed by atoms with van der Waals surface area (Å²) in [6.07, 6.45) is 2.78. The SMILES string of the molecule is CCNc1ncc(Br)c(N(C)CCc2ccccc2)n1. The Kier molecular flexibility index (Phi) is 5.35. The van der Waals surface area contributed by atoms with Crippen molar-refractivity contribution in [2.24, 2.45) is 0 Å². The van der Waals surface area contributed by atoms with Crippen LogP contribution in [0.4, 0.5) is 11.8 Å². The zero-order valence-electron chi connectivity index (χ0n) is 11.8. The van der Waals surface area contributed by atoms with Gasteiger partial charge in [-0.3, -0.25) is 0 Å². The van der Waals surface area contributed by atoms with E-state index in [0.29, 0.717) is 5.95 Å². The predicted octanol–water partition coefficient (Wildman–Crippen LogP) is 3.35. The minimum atomic E-state index is 0.664. The number of halogens is 1. The Hall–Kier alpha value is -1.62. The van der Waals surface area contributed by atoms with Gasteiger partial charge in [0.15, 0.2) is 0 Å². The average molecular weight is 335 g/mol. The van der Waals surface area contributed by atoms with Crippen LogP contribution >= 0.6 is 15.9 Å². The summed E-state index contributed by atoms with van der Waals surface area (Å²) in [5.74, 6) is 1.57. The molecule has 106 valence electrons. The molecule has 2 aromatic rings. The third-order valence-electron chi connectivity index (χ3n) is 3.00. The summed E-state index contributed by atoms with van der Waals surface area (Å²) in [6.45, 7) is 3.75. The van der Waals surface area contributed by atoms with Crippen LogP contribution in [0.3, 0.4) is 0 Å². The van der Waals surface area contributed by atoms with E-state index in [2.05, 4.69) is 60.4 Å². The van der Waals surface area contributed by atoms with Gasteiger partial charge >= 0.3 is 0 Å². The summed E-state index contributed by atoms with van der Waals surface area (Å²) in [5, 5.41) is 3.13. The molecule has 0 radical (unpaired) electrons. The second-order valence-corrected chi connectivity index (χ2v) is 5.41. The summed E-state index contributed by atoms with van der Waals surface area (Å²) in [6, 6.07) is 10.5. The van der Waals surface area contributed by atoms with E-state index in [4.69, 9.17) is 0 Å². The largest absolute Gasteiger partial charge is 0.358 e. The van der Waals surface area contributed by atoms with E-state index in [1.807, 2.05) is 20.0 Å². The van der Waals surface area contributed by atoms with Gasteiger partial charge in [0.1, 0.15) is 5.82 Å². The normalized spacial score (nSPS) is 10.3. The van der Waals surface area contributed by atoms with Crippen molar-refractivity contribution >= 4 is 27.7 Å². The lowest BCUT2D eigenvalue weighted by Gasteiger charge is -2.20. The van der Waals surface area contributed by atoms with E-state index in [1.165, 1.54) is 5.56 Å². The van der Waals surface area contributed by atoms with Crippen molar-refractivity contribution in [3.05, 3.63) is 46.6 Å². The molecular formula is C15H19BrN4. The smallest absolute Gasteiger partial charge is 0.224 e. The first kappa shape index (κ1) is 14.8. The molecule has 0 amide bonds. The Morgan fingerprint density at radius 2 is 2.00 bits per heavy atom. The first-order chi connectivity index (χ1) is 9.70. The highest BCUT2D eigenvalue weighted by atomic mass is 79.9. The molecule has 0 spiro atoms. The first-order valence-corrected chi connectivity index (χ1v) is 7.51. The third-order valence-corrected chi connectivity index (χ3v) is 3.56. The number of hydrogen-bond donors (Lipinski definition) is 1. The monoisotopic (exact) mass is 334 g/mol. The highest BCUT2D eigenvalue weighted by Gasteiger charge is 2.09. The van der Waals surface area contributed by atoms with Crippen molar-refractivity contribution in [2.45, 2.75) is 13.3 Å². The number of nitrogens with zero attached hydrogens (tertiary/aromatic N) is 3. The van der Waals surface area contributed by atoms with Gasteiger partial charge in [0, 0.05) is 26.3 Å². The number of nitrogens with one attached hydrogen (secondary N) is 1. The third kappa shape index (κ3) is 3.93. The second-order valence-electron chi connectivity index (χ2n) is 4.55. The Labute approximate surface area is 128 Å². The van der Waals surface area contributed by atoms with Crippen LogP contribution in [0, 0.1) is 0 Å². The van der Waals surface area contributed by atoms with Crippen molar-refractivity contribution in [3.8, 4) is 0 Å². The second kappa shape index (κ2) is 7.24. The van der Waals surface area contributed by atoms with Gasteiger partial charge in [0.25, 0.3) is 0 Å². The van der Waals surface area contributed by atoms with Gasteiger partial charge in [0.2, 0.25) is 5.95 Å². The van der Waals surface area contributed by atoms with Crippen molar-refractivity contribution in [1.29, 1.82) is 0 Å². The highest BCUT2D eigenvalue weighted by molar-refractivity contribution is 9.10. The van der Waals surface area contributed by atoms with Gasteiger partial charge in [-0.1, -0.05) is 30.3 Å². The predicted molar refractivity (Wildman–Crippen MR) is 87.3 cm³/mol. The Balaban J connectivity index is 2.04. The molecule has 0 fully saturated rings. The molecule has 2 rings (SSSR count). The fourth-order valence-corrected chi connectivity index (χ4v) is 2.41. The standard InChI is InChI=1S/C15H19BrN4/c1-3-17-15-18-11-13(16)14(19-15)20(2)10-9-12-7-5-4-6-8-12/h4-8,11H,3,9-10H2,1-2H3,(H,17,18,19). The van der Waals surface area contributed by atoms with Gasteiger partial charge in [0.05, 0.1) is 4.47 Å². The molecule has 1 aromatic carbocycles. The number of hydrogen-bond acceptors (Lipinski definition) is 4. The summed E-state index contributed by atoms with van der Waals surface area (Å²) in [5.41, 5.74) is 1.33. The fourth-order valence-electron chi connectivity index (χ4n) is 1.92. The highest BCUT2D eigenvalue weighted by Crippen LogP contribution is 2.23. The topological polar surface area (TPSA) is 41.1 Å². The molecular weight excluding hydrogens is 316 g/mol. The van der Waals surface area contributed by atoms with Gasteiger partial charge in [-0.25, -0.2) is 4.98 Å². The van der Waals surface area contributed by atoms with Gasteiger partial charge in [-0.05, 0) is 34.8 Å². The minimum Gasteiger partial charge on any atom is -0.358 e. The van der Waals surface area contributed by atoms with Crippen molar-refractivity contribution in [2.75, 3.05) is 30.4 Å². The molecule has 1 heterocycles. The number of anilines is 2. The van der Waals surface area contributed by atoms with Crippen LogP contribution in [0.25, 0.3) is 0 Å². The van der Waals surface area contributed by atoms with E-state index < -0.39 is 0 Å². The molecule has 1 N–H and O–H groups in total. The summed E-state index contributed by atoms with van der Waals surface area (Å²) in [7, 11) is 2.05. The molecule has 0 bridgehead atoms. The van der Waals surface area contributed by atoms with E-state index in [0.717, 1.165) is 29.8 Å². The lowest BCUT2D eigenvalue weighted by molar-refractivity contribution is 0.852. The molecule has 4 nitrogen and oxygen atoms in total. The molecule has 0 unspecified atom stereocenters. The summed E-state index contributed by atoms with van der Waals surface area (Å²) < 4.78 is 0.912. The molecule has 0 atom stereocenters. The zero-order chi connectivity index (χ0) is 14.4. The molecule has 1 aromatic heterocycles. The first-order valence-electron chi connectivity index (χ1n) is 6.72. The molecule has 5 heteroatoms. The van der Waals surface area contributed by atoms with Crippen molar-refractivity contribution < 1.29 is 0 Å². The van der Waals surface area contributed by atoms with Crippen LogP contribution in [0.15, 0.2) is 41.0 Å². The Bertz CT molecular complexity index is 545. The molecule has 0 aliphatic carbocycles. The zero-order valence-corrected chi connectivity index (χ0v) is 13.4. The van der Waals surface area contributed by atoms with Crippen molar-refractivity contribution in [1.82, 2.24) is 9.97 Å². The van der Waals surface area contributed by atoms with Crippen LogP contribution in [0.1, 0.15) is 12.5 Å². The molecule has 0 saturated carbocycles. The van der Waals surface area contributed by atoms with E-state index in [1.54, 1.807) is 6.20 Å². The minimum absolute atomic E-state index is 0.664. The average Bonchev–Trinajstić information content (AvgIpc) is 2.48. The number of likely N-dealkylation sites (N-methyl/N-ethyl adjacent to an activating group) is 1. The van der Waals surface area contributed by atoms with Crippen LogP contribution in [-0.4, -0.2) is 30.1 Å². The fraction of sp³-hybridized carbons (Fsp3) is 0.333.